The van der Waals surface area contributed by atoms with Crippen molar-refractivity contribution >= 4 is 17.5 Å². The lowest BCUT2D eigenvalue weighted by molar-refractivity contribution is -0.135. The molecule has 2 aromatic heterocycles. The highest BCUT2D eigenvalue weighted by atomic mass is 16.5. The third-order valence-electron chi connectivity index (χ3n) is 5.14. The van der Waals surface area contributed by atoms with Crippen LogP contribution in [0.15, 0.2) is 36.8 Å². The minimum atomic E-state index is -0.147. The summed E-state index contributed by atoms with van der Waals surface area (Å²) in [5.41, 5.74) is 0.851. The molecule has 0 unspecified atom stereocenters. The number of pyridine rings is 1. The molecule has 0 aliphatic carbocycles. The molecule has 2 saturated heterocycles. The van der Waals surface area contributed by atoms with Crippen molar-refractivity contribution < 1.29 is 9.53 Å². The molecule has 1 N–H and O–H groups in total. The van der Waals surface area contributed by atoms with E-state index in [-0.39, 0.29) is 12.0 Å². The van der Waals surface area contributed by atoms with Gasteiger partial charge in [-0.1, -0.05) is 6.07 Å². The van der Waals surface area contributed by atoms with Gasteiger partial charge in [-0.3, -0.25) is 14.7 Å². The molecule has 1 amide bonds. The molecule has 0 spiro atoms. The van der Waals surface area contributed by atoms with Crippen LogP contribution in [0.1, 0.15) is 31.1 Å². The summed E-state index contributed by atoms with van der Waals surface area (Å²) in [6.07, 6.45) is 8.23. The van der Waals surface area contributed by atoms with Crippen molar-refractivity contribution in [1.82, 2.24) is 24.8 Å². The van der Waals surface area contributed by atoms with Gasteiger partial charge >= 0.3 is 0 Å². The number of piperidine rings is 1. The average Bonchev–Trinajstić information content (AvgIpc) is 2.75. The number of morpholine rings is 1. The summed E-state index contributed by atoms with van der Waals surface area (Å²) in [4.78, 5) is 29.7. The molecule has 148 valence electrons. The highest BCUT2D eigenvalue weighted by Gasteiger charge is 2.26. The Morgan fingerprint density at radius 1 is 1.14 bits per heavy atom. The summed E-state index contributed by atoms with van der Waals surface area (Å²) >= 11 is 0. The van der Waals surface area contributed by atoms with Gasteiger partial charge in [0.2, 0.25) is 5.91 Å². The number of nitrogens with one attached hydrogen (secondary N) is 1. The number of nitrogens with zero attached hydrogens (tertiary/aromatic N) is 5. The molecule has 8 nitrogen and oxygen atoms in total. The summed E-state index contributed by atoms with van der Waals surface area (Å²) in [6.45, 7) is 4.28. The van der Waals surface area contributed by atoms with Gasteiger partial charge in [0.25, 0.3) is 0 Å². The first-order valence-corrected chi connectivity index (χ1v) is 9.90. The van der Waals surface area contributed by atoms with Gasteiger partial charge < -0.3 is 15.0 Å². The zero-order valence-corrected chi connectivity index (χ0v) is 16.0. The van der Waals surface area contributed by atoms with E-state index in [4.69, 9.17) is 4.74 Å². The topological polar surface area (TPSA) is 83.5 Å². The Bertz CT molecular complexity index is 781. The van der Waals surface area contributed by atoms with Crippen LogP contribution in [0, 0.1) is 0 Å². The molecule has 0 bridgehead atoms. The molecule has 8 heteroatoms. The van der Waals surface area contributed by atoms with Crippen molar-refractivity contribution in [3.63, 3.8) is 0 Å². The van der Waals surface area contributed by atoms with Gasteiger partial charge in [0.1, 0.15) is 17.7 Å². The summed E-state index contributed by atoms with van der Waals surface area (Å²) < 4.78 is 5.94. The fraction of sp³-hybridized carbons (Fsp3) is 0.500. The Balaban J connectivity index is 1.37. The lowest BCUT2D eigenvalue weighted by Crippen LogP contribution is -2.46. The van der Waals surface area contributed by atoms with Crippen LogP contribution in [-0.4, -0.2) is 70.0 Å². The molecule has 2 aliphatic rings. The monoisotopic (exact) mass is 382 g/mol. The van der Waals surface area contributed by atoms with E-state index in [2.05, 4.69) is 25.2 Å². The molecule has 28 heavy (non-hydrogen) atoms. The Hall–Kier alpha value is -2.58. The molecule has 4 heterocycles. The second kappa shape index (κ2) is 9.07. The maximum Gasteiger partial charge on any atom is 0.236 e. The summed E-state index contributed by atoms with van der Waals surface area (Å²) in [5, 5.41) is 3.16. The number of amides is 1. The Kier molecular flexibility index (Phi) is 6.08. The SMILES string of the molecule is O=C(CN1CCO[C@H](c2cccc(Nc3cnccn3)n2)C1)N1CCCCC1. The number of carbonyl (C=O) groups excluding carboxylic acids is 1. The predicted molar refractivity (Wildman–Crippen MR) is 105 cm³/mol. The van der Waals surface area contributed by atoms with Gasteiger partial charge in [-0.2, -0.15) is 0 Å². The van der Waals surface area contributed by atoms with E-state index in [0.29, 0.717) is 31.3 Å². The van der Waals surface area contributed by atoms with Crippen molar-refractivity contribution in [3.8, 4) is 0 Å². The van der Waals surface area contributed by atoms with Crippen LogP contribution < -0.4 is 5.32 Å². The van der Waals surface area contributed by atoms with Gasteiger partial charge in [0.05, 0.1) is 25.0 Å². The van der Waals surface area contributed by atoms with Crippen LogP contribution in [-0.2, 0) is 9.53 Å². The third kappa shape index (κ3) is 4.82. The average molecular weight is 382 g/mol. The highest BCUT2D eigenvalue weighted by molar-refractivity contribution is 5.78. The summed E-state index contributed by atoms with van der Waals surface area (Å²) in [7, 11) is 0. The molecule has 0 radical (unpaired) electrons. The number of carbonyl (C=O) groups is 1. The highest BCUT2D eigenvalue weighted by Crippen LogP contribution is 2.23. The van der Waals surface area contributed by atoms with Gasteiger partial charge in [-0.25, -0.2) is 9.97 Å². The molecule has 2 aromatic rings. The van der Waals surface area contributed by atoms with E-state index in [9.17, 15) is 4.79 Å². The van der Waals surface area contributed by atoms with Crippen LogP contribution in [0.2, 0.25) is 0 Å². The van der Waals surface area contributed by atoms with E-state index in [1.54, 1.807) is 18.6 Å². The molecule has 1 atom stereocenters. The number of ether oxygens (including phenoxy) is 1. The number of anilines is 2. The standard InChI is InChI=1S/C20H26N6O2/c27-20(26-9-2-1-3-10-26)15-25-11-12-28-17(14-25)16-5-4-6-18(23-16)24-19-13-21-7-8-22-19/h4-8,13,17H,1-3,9-12,14-15H2,(H,22,23,24)/t17-/m0/s1. The molecule has 2 fully saturated rings. The van der Waals surface area contributed by atoms with Crippen LogP contribution >= 0.6 is 0 Å². The minimum absolute atomic E-state index is 0.147. The smallest absolute Gasteiger partial charge is 0.236 e. The first-order valence-electron chi connectivity index (χ1n) is 9.90. The molecule has 0 aromatic carbocycles. The number of aromatic nitrogens is 3. The third-order valence-corrected chi connectivity index (χ3v) is 5.14. The Labute approximate surface area is 164 Å². The predicted octanol–water partition coefficient (Wildman–Crippen LogP) is 2.00. The Morgan fingerprint density at radius 2 is 2.04 bits per heavy atom. The molecule has 4 rings (SSSR count). The van der Waals surface area contributed by atoms with Gasteiger partial charge in [-0.05, 0) is 31.4 Å². The number of rotatable bonds is 5. The minimum Gasteiger partial charge on any atom is -0.369 e. The number of likely N-dealkylation sites (tertiary alicyclic amines) is 1. The second-order valence-electron chi connectivity index (χ2n) is 7.20. The van der Waals surface area contributed by atoms with E-state index >= 15 is 0 Å². The van der Waals surface area contributed by atoms with Crippen molar-refractivity contribution in [1.29, 1.82) is 0 Å². The van der Waals surface area contributed by atoms with Crippen molar-refractivity contribution in [3.05, 3.63) is 42.5 Å². The molecular weight excluding hydrogens is 356 g/mol. The van der Waals surface area contributed by atoms with E-state index < -0.39 is 0 Å². The molecular formula is C20H26N6O2. The van der Waals surface area contributed by atoms with Gasteiger partial charge in [-0.15, -0.1) is 0 Å². The largest absolute Gasteiger partial charge is 0.369 e. The second-order valence-corrected chi connectivity index (χ2v) is 7.20. The van der Waals surface area contributed by atoms with Crippen LogP contribution in [0.25, 0.3) is 0 Å². The first-order chi connectivity index (χ1) is 13.8. The maximum absolute atomic E-state index is 12.6. The van der Waals surface area contributed by atoms with Gasteiger partial charge in [0, 0.05) is 38.6 Å². The van der Waals surface area contributed by atoms with Crippen molar-refractivity contribution in [2.45, 2.75) is 25.4 Å². The van der Waals surface area contributed by atoms with E-state index in [0.717, 1.165) is 38.2 Å². The van der Waals surface area contributed by atoms with Gasteiger partial charge in [0.15, 0.2) is 0 Å². The number of hydrogen-bond acceptors (Lipinski definition) is 7. The quantitative estimate of drug-likeness (QED) is 0.847. The molecule has 2 aliphatic heterocycles. The summed E-state index contributed by atoms with van der Waals surface area (Å²) in [6, 6.07) is 5.79. The number of hydrogen-bond donors (Lipinski definition) is 1. The van der Waals surface area contributed by atoms with Crippen molar-refractivity contribution in [2.75, 3.05) is 44.6 Å². The normalized spacial score (nSPS) is 20.7. The Morgan fingerprint density at radius 3 is 2.86 bits per heavy atom. The zero-order chi connectivity index (χ0) is 19.2. The lowest BCUT2D eigenvalue weighted by Gasteiger charge is -2.34. The fourth-order valence-corrected chi connectivity index (χ4v) is 3.65. The first kappa shape index (κ1) is 18.8. The lowest BCUT2D eigenvalue weighted by atomic mass is 10.1. The summed E-state index contributed by atoms with van der Waals surface area (Å²) in [5.74, 6) is 1.57. The van der Waals surface area contributed by atoms with Crippen LogP contribution in [0.3, 0.4) is 0 Å². The van der Waals surface area contributed by atoms with Crippen LogP contribution in [0.4, 0.5) is 11.6 Å². The van der Waals surface area contributed by atoms with E-state index in [1.807, 2.05) is 23.1 Å². The van der Waals surface area contributed by atoms with Crippen LogP contribution in [0.5, 0.6) is 0 Å². The molecule has 0 saturated carbocycles. The fourth-order valence-electron chi connectivity index (χ4n) is 3.65. The van der Waals surface area contributed by atoms with Crippen molar-refractivity contribution in [2.24, 2.45) is 0 Å². The maximum atomic E-state index is 12.6. The van der Waals surface area contributed by atoms with E-state index in [1.165, 1.54) is 6.42 Å². The zero-order valence-electron chi connectivity index (χ0n) is 16.0.